The second-order valence-corrected chi connectivity index (χ2v) is 9.99. The predicted octanol–water partition coefficient (Wildman–Crippen LogP) is 5.24. The van der Waals surface area contributed by atoms with E-state index in [1.807, 2.05) is 6.92 Å². The standard InChI is InChI=1S/C29H23FN2O7S/c1-3-37-19-8-4-15(12-21(19)36-2)25-24(26(33)16-5-9-20-22(13-16)39-11-10-38-20)27(34)28(35)32(25)29-31-18-7-6-17(30)14-23(18)40-29/h4-9,12-14,25,33H,3,10-11H2,1-2H3/b26-24+. The summed E-state index contributed by atoms with van der Waals surface area (Å²) in [5.41, 5.74) is 1.08. The second kappa shape index (κ2) is 10.2. The van der Waals surface area contributed by atoms with Crippen molar-refractivity contribution in [3.8, 4) is 23.0 Å². The number of aliphatic hydroxyl groups is 1. The number of aliphatic hydroxyl groups excluding tert-OH is 1. The van der Waals surface area contributed by atoms with Crippen LogP contribution < -0.4 is 23.8 Å². The quantitative estimate of drug-likeness (QED) is 0.193. The maximum atomic E-state index is 13.9. The number of nitrogens with zero attached hydrogens (tertiary/aromatic N) is 2. The van der Waals surface area contributed by atoms with Crippen LogP contribution in [0, 0.1) is 5.82 Å². The monoisotopic (exact) mass is 562 g/mol. The number of rotatable bonds is 6. The summed E-state index contributed by atoms with van der Waals surface area (Å²) in [6.07, 6.45) is 0. The van der Waals surface area contributed by atoms with Crippen molar-refractivity contribution in [3.63, 3.8) is 0 Å². The number of amides is 1. The summed E-state index contributed by atoms with van der Waals surface area (Å²) < 4.78 is 36.8. The number of fused-ring (bicyclic) bond motifs is 2. The van der Waals surface area contributed by atoms with Crippen LogP contribution in [0.15, 0.2) is 60.2 Å². The molecule has 0 radical (unpaired) electrons. The SMILES string of the molecule is CCOc1ccc(C2/C(=C(\O)c3ccc4c(c3)OCCO4)C(=O)C(=O)N2c2nc3ccc(F)cc3s2)cc1OC. The van der Waals surface area contributed by atoms with Crippen molar-refractivity contribution in [3.05, 3.63) is 77.1 Å². The van der Waals surface area contributed by atoms with Crippen LogP contribution in [0.5, 0.6) is 23.0 Å². The number of methoxy groups -OCH3 is 1. The lowest BCUT2D eigenvalue weighted by Gasteiger charge is -2.24. The zero-order valence-corrected chi connectivity index (χ0v) is 22.3. The molecule has 0 saturated carbocycles. The molecule has 3 heterocycles. The van der Waals surface area contributed by atoms with Gasteiger partial charge in [-0.05, 0) is 61.0 Å². The summed E-state index contributed by atoms with van der Waals surface area (Å²) in [5.74, 6) is -0.815. The van der Waals surface area contributed by atoms with Crippen molar-refractivity contribution in [1.82, 2.24) is 4.98 Å². The van der Waals surface area contributed by atoms with E-state index in [4.69, 9.17) is 18.9 Å². The largest absolute Gasteiger partial charge is 0.507 e. The van der Waals surface area contributed by atoms with Gasteiger partial charge in [0.15, 0.2) is 28.1 Å². The molecule has 1 N–H and O–H groups in total. The number of carbonyl (C=O) groups excluding carboxylic acids is 2. The highest BCUT2D eigenvalue weighted by atomic mass is 32.1. The van der Waals surface area contributed by atoms with Gasteiger partial charge in [0.05, 0.1) is 35.5 Å². The Bertz CT molecular complexity index is 1700. The Morgan fingerprint density at radius 3 is 2.65 bits per heavy atom. The van der Waals surface area contributed by atoms with Crippen LogP contribution in [0.1, 0.15) is 24.1 Å². The third-order valence-electron chi connectivity index (χ3n) is 6.61. The molecule has 1 aromatic heterocycles. The zero-order chi connectivity index (χ0) is 28.0. The van der Waals surface area contributed by atoms with E-state index in [1.165, 1.54) is 30.2 Å². The minimum absolute atomic E-state index is 0.140. The molecule has 40 heavy (non-hydrogen) atoms. The number of hydrogen-bond acceptors (Lipinski definition) is 9. The van der Waals surface area contributed by atoms with Gasteiger partial charge in [-0.1, -0.05) is 17.4 Å². The Morgan fingerprint density at radius 2 is 1.88 bits per heavy atom. The third kappa shape index (κ3) is 4.28. The van der Waals surface area contributed by atoms with Crippen molar-refractivity contribution in [1.29, 1.82) is 0 Å². The molecule has 204 valence electrons. The lowest BCUT2D eigenvalue weighted by molar-refractivity contribution is -0.132. The van der Waals surface area contributed by atoms with Crippen molar-refractivity contribution in [2.24, 2.45) is 0 Å². The first kappa shape index (κ1) is 25.6. The number of hydrogen-bond donors (Lipinski definition) is 1. The van der Waals surface area contributed by atoms with Crippen LogP contribution in [0.4, 0.5) is 9.52 Å². The summed E-state index contributed by atoms with van der Waals surface area (Å²) in [7, 11) is 1.48. The molecular formula is C29H23FN2O7S. The Balaban J connectivity index is 1.55. The smallest absolute Gasteiger partial charge is 0.301 e. The van der Waals surface area contributed by atoms with Gasteiger partial charge in [-0.25, -0.2) is 9.37 Å². The fourth-order valence-corrected chi connectivity index (χ4v) is 5.83. The number of ketones is 1. The molecule has 2 aliphatic rings. The number of thiazole rings is 1. The normalized spacial score (nSPS) is 17.9. The molecule has 9 nitrogen and oxygen atoms in total. The van der Waals surface area contributed by atoms with Gasteiger partial charge in [0.1, 0.15) is 24.8 Å². The van der Waals surface area contributed by atoms with E-state index in [0.29, 0.717) is 58.6 Å². The van der Waals surface area contributed by atoms with Crippen LogP contribution >= 0.6 is 11.3 Å². The summed E-state index contributed by atoms with van der Waals surface area (Å²) in [4.78, 5) is 32.9. The highest BCUT2D eigenvalue weighted by Gasteiger charge is 2.48. The van der Waals surface area contributed by atoms with Gasteiger partial charge < -0.3 is 24.1 Å². The van der Waals surface area contributed by atoms with Crippen LogP contribution in [-0.2, 0) is 9.59 Å². The molecular weight excluding hydrogens is 539 g/mol. The topological polar surface area (TPSA) is 107 Å². The first-order valence-corrected chi connectivity index (χ1v) is 13.3. The molecule has 1 atom stereocenters. The van der Waals surface area contributed by atoms with Gasteiger partial charge >= 0.3 is 5.91 Å². The third-order valence-corrected chi connectivity index (χ3v) is 7.63. The van der Waals surface area contributed by atoms with Crippen molar-refractivity contribution in [2.75, 3.05) is 31.8 Å². The zero-order valence-electron chi connectivity index (χ0n) is 21.5. The maximum absolute atomic E-state index is 13.9. The molecule has 3 aromatic carbocycles. The van der Waals surface area contributed by atoms with E-state index in [1.54, 1.807) is 36.4 Å². The highest BCUT2D eigenvalue weighted by molar-refractivity contribution is 7.22. The molecule has 6 rings (SSSR count). The average molecular weight is 563 g/mol. The fourth-order valence-electron chi connectivity index (χ4n) is 4.81. The summed E-state index contributed by atoms with van der Waals surface area (Å²) >= 11 is 1.07. The number of anilines is 1. The first-order valence-electron chi connectivity index (χ1n) is 12.5. The van der Waals surface area contributed by atoms with Gasteiger partial charge in [-0.15, -0.1) is 0 Å². The van der Waals surface area contributed by atoms with Gasteiger partial charge in [0, 0.05) is 5.56 Å². The van der Waals surface area contributed by atoms with Gasteiger partial charge in [-0.3, -0.25) is 14.5 Å². The minimum Gasteiger partial charge on any atom is -0.507 e. The molecule has 0 aliphatic carbocycles. The molecule has 0 bridgehead atoms. The molecule has 0 spiro atoms. The van der Waals surface area contributed by atoms with Crippen LogP contribution in [-0.4, -0.2) is 48.7 Å². The first-order chi connectivity index (χ1) is 19.4. The number of carbonyl (C=O) groups is 2. The minimum atomic E-state index is -1.07. The molecule has 11 heteroatoms. The number of ether oxygens (including phenoxy) is 4. The number of aromatic nitrogens is 1. The van der Waals surface area contributed by atoms with E-state index >= 15 is 0 Å². The van der Waals surface area contributed by atoms with E-state index in [2.05, 4.69) is 4.98 Å². The lowest BCUT2D eigenvalue weighted by Crippen LogP contribution is -2.29. The molecule has 1 amide bonds. The Kier molecular flexibility index (Phi) is 6.51. The summed E-state index contributed by atoms with van der Waals surface area (Å²) in [6.45, 7) is 2.98. The summed E-state index contributed by atoms with van der Waals surface area (Å²) in [6, 6.07) is 12.8. The highest BCUT2D eigenvalue weighted by Crippen LogP contribution is 2.46. The fraction of sp³-hybridized carbons (Fsp3) is 0.207. The number of Topliss-reactive ketones (excluding diaryl/α,β-unsaturated/α-hetero) is 1. The van der Waals surface area contributed by atoms with Crippen molar-refractivity contribution in [2.45, 2.75) is 13.0 Å². The number of benzene rings is 3. The Morgan fingerprint density at radius 1 is 1.07 bits per heavy atom. The van der Waals surface area contributed by atoms with E-state index in [0.717, 1.165) is 11.3 Å². The van der Waals surface area contributed by atoms with Gasteiger partial charge in [0.25, 0.3) is 5.78 Å². The van der Waals surface area contributed by atoms with Crippen LogP contribution in [0.2, 0.25) is 0 Å². The average Bonchev–Trinajstić information content (AvgIpc) is 3.50. The van der Waals surface area contributed by atoms with E-state index < -0.39 is 23.5 Å². The van der Waals surface area contributed by atoms with Crippen LogP contribution in [0.25, 0.3) is 16.0 Å². The molecule has 1 fully saturated rings. The van der Waals surface area contributed by atoms with Crippen LogP contribution in [0.3, 0.4) is 0 Å². The maximum Gasteiger partial charge on any atom is 0.301 e. The molecule has 1 saturated heterocycles. The van der Waals surface area contributed by atoms with Gasteiger partial charge in [-0.2, -0.15) is 0 Å². The van der Waals surface area contributed by atoms with E-state index in [9.17, 15) is 19.1 Å². The summed E-state index contributed by atoms with van der Waals surface area (Å²) in [5, 5.41) is 11.7. The van der Waals surface area contributed by atoms with Crippen molar-refractivity contribution >= 4 is 44.1 Å². The second-order valence-electron chi connectivity index (χ2n) is 8.98. The van der Waals surface area contributed by atoms with E-state index in [-0.39, 0.29) is 22.0 Å². The van der Waals surface area contributed by atoms with Gasteiger partial charge in [0.2, 0.25) is 0 Å². The molecule has 2 aliphatic heterocycles. The lowest BCUT2D eigenvalue weighted by atomic mass is 9.95. The predicted molar refractivity (Wildman–Crippen MR) is 146 cm³/mol. The Labute approximate surface area is 232 Å². The molecule has 1 unspecified atom stereocenters. The Hall–Kier alpha value is -4.64. The van der Waals surface area contributed by atoms with Crippen molar-refractivity contribution < 1.29 is 38.0 Å². The molecule has 4 aromatic rings. The number of halogens is 1.